The summed E-state index contributed by atoms with van der Waals surface area (Å²) in [6.07, 6.45) is 8.39. The van der Waals surface area contributed by atoms with Crippen LogP contribution in [0.15, 0.2) is 48.6 Å². The fourth-order valence-electron chi connectivity index (χ4n) is 5.29. The Morgan fingerprint density at radius 2 is 1.95 bits per heavy atom. The van der Waals surface area contributed by atoms with E-state index in [2.05, 4.69) is 23.6 Å². The van der Waals surface area contributed by atoms with Crippen molar-refractivity contribution in [1.82, 2.24) is 4.90 Å². The molecular weight excluding hydrogens is 466 g/mol. The van der Waals surface area contributed by atoms with Crippen molar-refractivity contribution in [1.29, 1.82) is 0 Å². The van der Waals surface area contributed by atoms with Crippen molar-refractivity contribution in [3.05, 3.63) is 59.7 Å². The van der Waals surface area contributed by atoms with Crippen LogP contribution >= 0.6 is 0 Å². The number of anilines is 2. The summed E-state index contributed by atoms with van der Waals surface area (Å²) in [5.74, 6) is 2.96. The lowest BCUT2D eigenvalue weighted by Gasteiger charge is -2.36. The van der Waals surface area contributed by atoms with E-state index in [1.54, 1.807) is 4.90 Å². The zero-order chi connectivity index (χ0) is 25.9. The average molecular weight is 504 g/mol. The van der Waals surface area contributed by atoms with Crippen LogP contribution < -0.4 is 24.8 Å². The molecule has 1 amide bonds. The van der Waals surface area contributed by atoms with E-state index < -0.39 is 0 Å². The third-order valence-corrected chi connectivity index (χ3v) is 7.56. The number of nitrogens with two attached hydrogens (primary N) is 1. The molecule has 0 bridgehead atoms. The quantitative estimate of drug-likeness (QED) is 0.436. The van der Waals surface area contributed by atoms with Crippen LogP contribution in [0.5, 0.6) is 17.2 Å². The van der Waals surface area contributed by atoms with E-state index in [9.17, 15) is 4.79 Å². The van der Waals surface area contributed by atoms with E-state index in [1.165, 1.54) is 18.4 Å². The molecule has 0 aromatic heterocycles. The Hall–Kier alpha value is -3.45. The average Bonchev–Trinajstić information content (AvgIpc) is 2.90. The SMILES string of the molecule is C=C(C)/C=C\c1c(N)ccc2c1O[C@@H](CN1CCC(CCc3ccc4c(c3)N(C)C(=O)CO4)CC1)CO2. The number of allylic oxidation sites excluding steroid dienone is 2. The van der Waals surface area contributed by atoms with Gasteiger partial charge in [0, 0.05) is 24.8 Å². The molecule has 2 N–H and O–H groups in total. The van der Waals surface area contributed by atoms with Gasteiger partial charge in [-0.2, -0.15) is 0 Å². The molecule has 3 aliphatic rings. The minimum absolute atomic E-state index is 0.00382. The molecule has 1 saturated heterocycles. The summed E-state index contributed by atoms with van der Waals surface area (Å²) in [6, 6.07) is 9.97. The largest absolute Gasteiger partial charge is 0.486 e. The third kappa shape index (κ3) is 5.77. The first-order valence-corrected chi connectivity index (χ1v) is 13.2. The molecule has 1 fully saturated rings. The number of aryl methyl sites for hydroxylation is 1. The minimum Gasteiger partial charge on any atom is -0.486 e. The number of carbonyl (C=O) groups excluding carboxylic acids is 1. The van der Waals surface area contributed by atoms with Crippen LogP contribution in [0.1, 0.15) is 37.3 Å². The fourth-order valence-corrected chi connectivity index (χ4v) is 5.29. The van der Waals surface area contributed by atoms with Crippen LogP contribution in [-0.2, 0) is 11.2 Å². The van der Waals surface area contributed by atoms with Crippen molar-refractivity contribution in [3.63, 3.8) is 0 Å². The smallest absolute Gasteiger partial charge is 0.264 e. The number of likely N-dealkylation sites (N-methyl/N-ethyl adjacent to an activating group) is 1. The van der Waals surface area contributed by atoms with Gasteiger partial charge in [0.1, 0.15) is 18.5 Å². The summed E-state index contributed by atoms with van der Waals surface area (Å²) in [6.45, 7) is 9.52. The van der Waals surface area contributed by atoms with E-state index in [0.29, 0.717) is 18.2 Å². The highest BCUT2D eigenvalue weighted by Gasteiger charge is 2.28. The van der Waals surface area contributed by atoms with Gasteiger partial charge in [-0.15, -0.1) is 0 Å². The van der Waals surface area contributed by atoms with Crippen LogP contribution in [0.25, 0.3) is 6.08 Å². The molecule has 1 atom stereocenters. The Morgan fingerprint density at radius 1 is 1.16 bits per heavy atom. The number of likely N-dealkylation sites (tertiary alicyclic amines) is 1. The zero-order valence-electron chi connectivity index (χ0n) is 21.9. The molecule has 3 heterocycles. The predicted molar refractivity (Wildman–Crippen MR) is 147 cm³/mol. The molecule has 37 heavy (non-hydrogen) atoms. The van der Waals surface area contributed by atoms with Gasteiger partial charge in [-0.3, -0.25) is 9.69 Å². The van der Waals surface area contributed by atoms with Crippen LogP contribution in [0.4, 0.5) is 11.4 Å². The Balaban J connectivity index is 1.12. The van der Waals surface area contributed by atoms with Crippen molar-refractivity contribution in [2.45, 2.75) is 38.7 Å². The van der Waals surface area contributed by atoms with E-state index in [-0.39, 0.29) is 18.6 Å². The van der Waals surface area contributed by atoms with Gasteiger partial charge >= 0.3 is 0 Å². The van der Waals surface area contributed by atoms with Gasteiger partial charge < -0.3 is 24.8 Å². The molecule has 0 aliphatic carbocycles. The summed E-state index contributed by atoms with van der Waals surface area (Å²) < 4.78 is 18.0. The molecule has 7 nitrogen and oxygen atoms in total. The molecule has 0 radical (unpaired) electrons. The maximum atomic E-state index is 12.0. The van der Waals surface area contributed by atoms with Crippen LogP contribution in [-0.4, -0.2) is 56.8 Å². The number of hydrogen-bond acceptors (Lipinski definition) is 6. The number of rotatable bonds is 7. The van der Waals surface area contributed by atoms with E-state index in [1.807, 2.05) is 44.3 Å². The Morgan fingerprint density at radius 3 is 2.73 bits per heavy atom. The highest BCUT2D eigenvalue weighted by molar-refractivity contribution is 5.97. The maximum Gasteiger partial charge on any atom is 0.264 e. The molecule has 0 unspecified atom stereocenters. The van der Waals surface area contributed by atoms with Crippen LogP contribution in [0.2, 0.25) is 0 Å². The Kier molecular flexibility index (Phi) is 7.42. The minimum atomic E-state index is -0.0276. The lowest BCUT2D eigenvalue weighted by atomic mass is 9.90. The molecule has 5 rings (SSSR count). The zero-order valence-corrected chi connectivity index (χ0v) is 21.9. The first kappa shape index (κ1) is 25.2. The number of nitrogen functional groups attached to an aromatic ring is 1. The number of nitrogens with zero attached hydrogens (tertiary/aromatic N) is 2. The highest BCUT2D eigenvalue weighted by atomic mass is 16.6. The summed E-state index contributed by atoms with van der Waals surface area (Å²) in [5.41, 5.74) is 10.9. The number of hydrogen-bond donors (Lipinski definition) is 1. The number of amides is 1. The number of benzene rings is 2. The standard InChI is InChI=1S/C30H37N3O4/c1-20(2)4-8-24-25(31)9-11-28-30(24)37-23(18-35-28)17-33-14-12-21(13-15-33)5-6-22-7-10-27-26(16-22)32(3)29(34)19-36-27/h4,7-11,16,21,23H,1,5-6,12-15,17-19,31H2,2-3H3/b8-4-/t23-/m0/s1. The lowest BCUT2D eigenvalue weighted by molar-refractivity contribution is -0.120. The lowest BCUT2D eigenvalue weighted by Crippen LogP contribution is -2.44. The highest BCUT2D eigenvalue weighted by Crippen LogP contribution is 2.40. The number of carbonyl (C=O) groups is 1. The van der Waals surface area contributed by atoms with Gasteiger partial charge in [0.05, 0.1) is 5.69 Å². The van der Waals surface area contributed by atoms with Crippen molar-refractivity contribution >= 4 is 23.4 Å². The van der Waals surface area contributed by atoms with Gasteiger partial charge in [0.25, 0.3) is 5.91 Å². The topological polar surface area (TPSA) is 77.3 Å². The van der Waals surface area contributed by atoms with E-state index in [0.717, 1.165) is 66.5 Å². The maximum absolute atomic E-state index is 12.0. The van der Waals surface area contributed by atoms with Crippen molar-refractivity contribution in [3.8, 4) is 17.2 Å². The van der Waals surface area contributed by atoms with Crippen molar-refractivity contribution in [2.75, 3.05) is 50.5 Å². The first-order valence-electron chi connectivity index (χ1n) is 13.2. The molecular formula is C30H37N3O4. The Labute approximate surface area is 219 Å². The molecule has 2 aromatic rings. The molecule has 196 valence electrons. The number of piperidine rings is 1. The van der Waals surface area contributed by atoms with Gasteiger partial charge in [0.15, 0.2) is 18.1 Å². The second kappa shape index (κ2) is 10.9. The summed E-state index contributed by atoms with van der Waals surface area (Å²) in [7, 11) is 1.82. The van der Waals surface area contributed by atoms with Gasteiger partial charge in [-0.1, -0.05) is 24.3 Å². The predicted octanol–water partition coefficient (Wildman–Crippen LogP) is 4.70. The molecule has 2 aromatic carbocycles. The van der Waals surface area contributed by atoms with Gasteiger partial charge in [-0.25, -0.2) is 0 Å². The monoisotopic (exact) mass is 503 g/mol. The Bertz CT molecular complexity index is 1200. The first-order chi connectivity index (χ1) is 17.9. The molecule has 7 heteroatoms. The van der Waals surface area contributed by atoms with Crippen LogP contribution in [0.3, 0.4) is 0 Å². The third-order valence-electron chi connectivity index (χ3n) is 7.56. The van der Waals surface area contributed by atoms with E-state index >= 15 is 0 Å². The summed E-state index contributed by atoms with van der Waals surface area (Å²) >= 11 is 0. The van der Waals surface area contributed by atoms with Gasteiger partial charge in [-0.05, 0) is 87.5 Å². The second-order valence-corrected chi connectivity index (χ2v) is 10.5. The summed E-state index contributed by atoms with van der Waals surface area (Å²) in [4.78, 5) is 16.1. The number of ether oxygens (including phenoxy) is 3. The van der Waals surface area contributed by atoms with Crippen molar-refractivity contribution in [2.24, 2.45) is 5.92 Å². The number of fused-ring (bicyclic) bond motifs is 2. The van der Waals surface area contributed by atoms with Crippen molar-refractivity contribution < 1.29 is 19.0 Å². The molecule has 0 saturated carbocycles. The van der Waals surface area contributed by atoms with Gasteiger partial charge in [0.2, 0.25) is 0 Å². The molecule has 3 aliphatic heterocycles. The van der Waals surface area contributed by atoms with E-state index in [4.69, 9.17) is 19.9 Å². The van der Waals surface area contributed by atoms with Crippen LogP contribution in [0, 0.1) is 5.92 Å². The fraction of sp³-hybridized carbons (Fsp3) is 0.433. The second-order valence-electron chi connectivity index (χ2n) is 10.5. The normalized spacial score (nSPS) is 20.1. The summed E-state index contributed by atoms with van der Waals surface area (Å²) in [5, 5.41) is 0. The molecule has 0 spiro atoms.